The Morgan fingerprint density at radius 3 is 2.73 bits per heavy atom. The second-order valence-electron chi connectivity index (χ2n) is 4.54. The molecule has 0 spiro atoms. The molecule has 0 bridgehead atoms. The highest BCUT2D eigenvalue weighted by molar-refractivity contribution is 5.75. The van der Waals surface area contributed by atoms with Crippen LogP contribution >= 0.6 is 0 Å². The Kier molecular flexibility index (Phi) is 3.88. The Hall–Kier alpha value is -1.32. The fraction of sp³-hybridized carbons (Fsp3) is 0.636. The molecule has 0 fully saturated rings. The van der Waals surface area contributed by atoms with Gasteiger partial charge in [-0.1, -0.05) is 0 Å². The van der Waals surface area contributed by atoms with E-state index in [-0.39, 0.29) is 5.97 Å². The molecule has 0 aliphatic rings. The third-order valence-electron chi connectivity index (χ3n) is 1.97. The van der Waals surface area contributed by atoms with Crippen molar-refractivity contribution in [3.8, 4) is 0 Å². The second-order valence-corrected chi connectivity index (χ2v) is 4.54. The summed E-state index contributed by atoms with van der Waals surface area (Å²) in [6.45, 7) is 6.85. The second kappa shape index (κ2) is 4.96. The van der Waals surface area contributed by atoms with E-state index in [0.29, 0.717) is 6.61 Å². The van der Waals surface area contributed by atoms with Crippen molar-refractivity contribution >= 4 is 5.97 Å². The minimum absolute atomic E-state index is 0.145. The summed E-state index contributed by atoms with van der Waals surface area (Å²) in [6.07, 6.45) is 6.20. The summed E-state index contributed by atoms with van der Waals surface area (Å²) >= 11 is 0. The van der Waals surface area contributed by atoms with E-state index in [1.54, 1.807) is 12.5 Å². The van der Waals surface area contributed by atoms with E-state index in [0.717, 1.165) is 13.0 Å². The lowest BCUT2D eigenvalue weighted by Crippen LogP contribution is -2.23. The van der Waals surface area contributed by atoms with Crippen LogP contribution in [0.25, 0.3) is 0 Å². The predicted molar refractivity (Wildman–Crippen MR) is 57.3 cm³/mol. The molecule has 0 aliphatic carbocycles. The number of hydrogen-bond acceptors (Lipinski definition) is 3. The number of aromatic nitrogens is 2. The van der Waals surface area contributed by atoms with Gasteiger partial charge in [0, 0.05) is 18.9 Å². The molecule has 1 rings (SSSR count). The van der Waals surface area contributed by atoms with Gasteiger partial charge in [-0.25, -0.2) is 4.98 Å². The molecule has 0 saturated carbocycles. The monoisotopic (exact) mass is 210 g/mol. The van der Waals surface area contributed by atoms with E-state index in [1.165, 1.54) is 0 Å². The molecule has 0 N–H and O–H groups in total. The molecule has 0 radical (unpaired) electrons. The molecule has 84 valence electrons. The molecule has 0 atom stereocenters. The fourth-order valence-corrected chi connectivity index (χ4v) is 1.05. The van der Waals surface area contributed by atoms with Crippen molar-refractivity contribution in [3.05, 3.63) is 18.7 Å². The highest BCUT2D eigenvalue weighted by Gasteiger charge is 2.22. The van der Waals surface area contributed by atoms with E-state index in [4.69, 9.17) is 4.74 Å². The molecule has 4 nitrogen and oxygen atoms in total. The smallest absolute Gasteiger partial charge is 0.311 e. The van der Waals surface area contributed by atoms with Crippen molar-refractivity contribution < 1.29 is 9.53 Å². The van der Waals surface area contributed by atoms with Gasteiger partial charge in [-0.3, -0.25) is 4.79 Å². The largest absolute Gasteiger partial charge is 0.465 e. The zero-order valence-electron chi connectivity index (χ0n) is 9.56. The first-order chi connectivity index (χ1) is 7.00. The normalized spacial score (nSPS) is 11.4. The molecule has 0 aliphatic heterocycles. The minimum Gasteiger partial charge on any atom is -0.465 e. The van der Waals surface area contributed by atoms with E-state index in [2.05, 4.69) is 4.98 Å². The quantitative estimate of drug-likeness (QED) is 0.563. The van der Waals surface area contributed by atoms with Crippen LogP contribution in [0.15, 0.2) is 18.7 Å². The maximum absolute atomic E-state index is 11.4. The van der Waals surface area contributed by atoms with E-state index in [9.17, 15) is 4.79 Å². The van der Waals surface area contributed by atoms with Gasteiger partial charge in [-0.05, 0) is 27.2 Å². The van der Waals surface area contributed by atoms with Crippen molar-refractivity contribution in [3.63, 3.8) is 0 Å². The van der Waals surface area contributed by atoms with E-state index in [1.807, 2.05) is 31.5 Å². The van der Waals surface area contributed by atoms with Gasteiger partial charge >= 0.3 is 5.97 Å². The lowest BCUT2D eigenvalue weighted by Gasteiger charge is -2.16. The van der Waals surface area contributed by atoms with Crippen LogP contribution in [0.5, 0.6) is 0 Å². The summed E-state index contributed by atoms with van der Waals surface area (Å²) in [5.74, 6) is -0.145. The zero-order valence-corrected chi connectivity index (χ0v) is 9.56. The first-order valence-corrected chi connectivity index (χ1v) is 5.13. The number of nitrogens with zero attached hydrogens (tertiary/aromatic N) is 2. The van der Waals surface area contributed by atoms with Crippen molar-refractivity contribution in [2.24, 2.45) is 5.41 Å². The van der Waals surface area contributed by atoms with Gasteiger partial charge in [-0.15, -0.1) is 0 Å². The van der Waals surface area contributed by atoms with Gasteiger partial charge in [0.2, 0.25) is 0 Å². The number of imidazole rings is 1. The molecular formula is C11H18N2O2. The standard InChI is InChI=1S/C11H18N2O2/c1-11(2,3)10(14)15-8-4-6-13-7-5-12-9-13/h5,7,9H,4,6,8H2,1-3H3. The molecule has 1 aromatic heterocycles. The Morgan fingerprint density at radius 1 is 1.47 bits per heavy atom. The lowest BCUT2D eigenvalue weighted by molar-refractivity contribution is -0.153. The van der Waals surface area contributed by atoms with Crippen LogP contribution in [0.2, 0.25) is 0 Å². The van der Waals surface area contributed by atoms with Crippen molar-refractivity contribution in [2.45, 2.75) is 33.7 Å². The highest BCUT2D eigenvalue weighted by Crippen LogP contribution is 2.15. The van der Waals surface area contributed by atoms with Crippen LogP contribution in [0.4, 0.5) is 0 Å². The number of aryl methyl sites for hydroxylation is 1. The first-order valence-electron chi connectivity index (χ1n) is 5.13. The number of carbonyl (C=O) groups excluding carboxylic acids is 1. The molecule has 1 heterocycles. The van der Waals surface area contributed by atoms with Crippen molar-refractivity contribution in [1.82, 2.24) is 9.55 Å². The van der Waals surface area contributed by atoms with Crippen LogP contribution in [0.3, 0.4) is 0 Å². The molecule has 0 amide bonds. The molecule has 0 saturated heterocycles. The Bertz CT molecular complexity index is 299. The maximum atomic E-state index is 11.4. The Labute approximate surface area is 90.3 Å². The van der Waals surface area contributed by atoms with Crippen LogP contribution in [0, 0.1) is 5.41 Å². The topological polar surface area (TPSA) is 44.1 Å². The van der Waals surface area contributed by atoms with Gasteiger partial charge in [0.15, 0.2) is 0 Å². The molecule has 15 heavy (non-hydrogen) atoms. The number of carbonyl (C=O) groups is 1. The summed E-state index contributed by atoms with van der Waals surface area (Å²) in [5.41, 5.74) is -0.408. The summed E-state index contributed by atoms with van der Waals surface area (Å²) in [4.78, 5) is 15.3. The van der Waals surface area contributed by atoms with Gasteiger partial charge < -0.3 is 9.30 Å². The number of hydrogen-bond donors (Lipinski definition) is 0. The van der Waals surface area contributed by atoms with Crippen molar-refractivity contribution in [2.75, 3.05) is 6.61 Å². The van der Waals surface area contributed by atoms with Gasteiger partial charge in [-0.2, -0.15) is 0 Å². The average Bonchev–Trinajstić information content (AvgIpc) is 2.63. The average molecular weight is 210 g/mol. The van der Waals surface area contributed by atoms with Crippen LogP contribution in [-0.2, 0) is 16.1 Å². The SMILES string of the molecule is CC(C)(C)C(=O)OCCCn1ccnc1. The lowest BCUT2D eigenvalue weighted by atomic mass is 9.97. The first kappa shape index (κ1) is 11.8. The van der Waals surface area contributed by atoms with Crippen LogP contribution in [0.1, 0.15) is 27.2 Å². The number of rotatable bonds is 4. The van der Waals surface area contributed by atoms with Gasteiger partial charge in [0.25, 0.3) is 0 Å². The highest BCUT2D eigenvalue weighted by atomic mass is 16.5. The molecular weight excluding hydrogens is 192 g/mol. The third kappa shape index (κ3) is 4.14. The molecule has 0 unspecified atom stereocenters. The van der Waals surface area contributed by atoms with E-state index >= 15 is 0 Å². The fourth-order valence-electron chi connectivity index (χ4n) is 1.05. The summed E-state index contributed by atoms with van der Waals surface area (Å²) < 4.78 is 7.10. The maximum Gasteiger partial charge on any atom is 0.311 e. The number of esters is 1. The summed E-state index contributed by atoms with van der Waals surface area (Å²) in [6, 6.07) is 0. The Morgan fingerprint density at radius 2 is 2.20 bits per heavy atom. The minimum atomic E-state index is -0.408. The molecule has 0 aromatic carbocycles. The van der Waals surface area contributed by atoms with Gasteiger partial charge in [0.1, 0.15) is 0 Å². The van der Waals surface area contributed by atoms with E-state index < -0.39 is 5.41 Å². The van der Waals surface area contributed by atoms with Crippen molar-refractivity contribution in [1.29, 1.82) is 0 Å². The third-order valence-corrected chi connectivity index (χ3v) is 1.97. The predicted octanol–water partition coefficient (Wildman–Crippen LogP) is 1.86. The van der Waals surface area contributed by atoms with Crippen LogP contribution < -0.4 is 0 Å². The molecule has 4 heteroatoms. The Balaban J connectivity index is 2.15. The summed E-state index contributed by atoms with van der Waals surface area (Å²) in [7, 11) is 0. The van der Waals surface area contributed by atoms with Crippen LogP contribution in [-0.4, -0.2) is 22.1 Å². The zero-order chi connectivity index (χ0) is 11.3. The number of ether oxygens (including phenoxy) is 1. The van der Waals surface area contributed by atoms with Gasteiger partial charge in [0.05, 0.1) is 18.3 Å². The summed E-state index contributed by atoms with van der Waals surface area (Å²) in [5, 5.41) is 0. The molecule has 1 aromatic rings.